The molecule has 7 heteroatoms. The Morgan fingerprint density at radius 1 is 1.12 bits per heavy atom. The molecule has 4 aliphatic heterocycles. The van der Waals surface area contributed by atoms with E-state index in [2.05, 4.69) is 16.7 Å². The Labute approximate surface area is 189 Å². The number of esters is 2. The van der Waals surface area contributed by atoms with E-state index < -0.39 is 6.10 Å². The maximum absolute atomic E-state index is 11.8. The monoisotopic (exact) mass is 440 g/mol. The zero-order chi connectivity index (χ0) is 22.5. The average Bonchev–Trinajstić information content (AvgIpc) is 3.36. The summed E-state index contributed by atoms with van der Waals surface area (Å²) in [6, 6.07) is 4.07. The molecule has 1 unspecified atom stereocenters. The summed E-state index contributed by atoms with van der Waals surface area (Å²) in [5.74, 6) is -0.494. The largest absolute Gasteiger partial charge is 0.457 e. The van der Waals surface area contributed by atoms with Crippen LogP contribution < -0.4 is 0 Å². The first-order chi connectivity index (χ1) is 15.3. The zero-order valence-electron chi connectivity index (χ0n) is 18.9. The average molecular weight is 441 g/mol. The Morgan fingerprint density at radius 3 is 2.56 bits per heavy atom. The number of carbonyl (C=O) groups excluding carboxylic acids is 2. The lowest BCUT2D eigenvalue weighted by atomic mass is 9.69. The van der Waals surface area contributed by atoms with Crippen molar-refractivity contribution >= 4 is 11.9 Å². The molecule has 2 fully saturated rings. The van der Waals surface area contributed by atoms with E-state index in [1.54, 1.807) is 12.1 Å². The summed E-state index contributed by atoms with van der Waals surface area (Å²) < 4.78 is 10.2. The molecule has 2 atom stereocenters. The summed E-state index contributed by atoms with van der Waals surface area (Å²) >= 11 is 0. The van der Waals surface area contributed by atoms with E-state index in [1.165, 1.54) is 0 Å². The number of rotatable bonds is 4. The molecule has 32 heavy (non-hydrogen) atoms. The van der Waals surface area contributed by atoms with Crippen molar-refractivity contribution < 1.29 is 24.2 Å². The number of hydrogen-bond acceptors (Lipinski definition) is 7. The minimum absolute atomic E-state index is 0.225. The maximum Gasteiger partial charge on any atom is 0.338 e. The fourth-order valence-corrected chi connectivity index (χ4v) is 6.11. The van der Waals surface area contributed by atoms with Gasteiger partial charge in [0.1, 0.15) is 13.2 Å². The van der Waals surface area contributed by atoms with E-state index in [4.69, 9.17) is 9.47 Å². The highest BCUT2D eigenvalue weighted by Crippen LogP contribution is 2.44. The molecule has 0 aromatic heterocycles. The molecular weight excluding hydrogens is 408 g/mol. The summed E-state index contributed by atoms with van der Waals surface area (Å²) in [7, 11) is 0. The van der Waals surface area contributed by atoms with Crippen LogP contribution in [-0.4, -0.2) is 65.7 Å². The van der Waals surface area contributed by atoms with Gasteiger partial charge in [0.25, 0.3) is 0 Å². The van der Waals surface area contributed by atoms with E-state index in [1.807, 2.05) is 13.0 Å². The Balaban J connectivity index is 1.18. The smallest absolute Gasteiger partial charge is 0.338 e. The van der Waals surface area contributed by atoms with E-state index in [-0.39, 0.29) is 11.9 Å². The van der Waals surface area contributed by atoms with Crippen molar-refractivity contribution in [2.24, 2.45) is 5.41 Å². The molecule has 7 nitrogen and oxygen atoms in total. The minimum Gasteiger partial charge on any atom is -0.457 e. The van der Waals surface area contributed by atoms with Gasteiger partial charge in [0.2, 0.25) is 0 Å². The van der Waals surface area contributed by atoms with Gasteiger partial charge in [-0.1, -0.05) is 6.07 Å². The SMILES string of the molecule is Cc1c([C@@H](O)CN2CCC3(CC2)CCN(C2=CC(=O)OC2)C(C)C3)ccc2c1COC2=O. The molecule has 5 rings (SSSR count). The topological polar surface area (TPSA) is 79.3 Å². The van der Waals surface area contributed by atoms with Gasteiger partial charge in [-0.2, -0.15) is 0 Å². The lowest BCUT2D eigenvalue weighted by Gasteiger charge is -2.50. The second-order valence-corrected chi connectivity index (χ2v) is 9.94. The van der Waals surface area contributed by atoms with Crippen LogP contribution in [0.2, 0.25) is 0 Å². The van der Waals surface area contributed by atoms with Gasteiger partial charge in [-0.05, 0) is 75.2 Å². The van der Waals surface area contributed by atoms with Crippen molar-refractivity contribution in [3.8, 4) is 0 Å². The molecule has 1 aromatic rings. The number of carbonyl (C=O) groups is 2. The molecule has 0 amide bonds. The Hall–Kier alpha value is -2.38. The molecule has 4 aliphatic rings. The summed E-state index contributed by atoms with van der Waals surface area (Å²) in [4.78, 5) is 27.9. The van der Waals surface area contributed by atoms with E-state index in [0.29, 0.717) is 36.8 Å². The Morgan fingerprint density at radius 2 is 1.88 bits per heavy atom. The maximum atomic E-state index is 11.8. The zero-order valence-corrected chi connectivity index (χ0v) is 18.9. The van der Waals surface area contributed by atoms with Gasteiger partial charge in [0.05, 0.1) is 17.4 Å². The van der Waals surface area contributed by atoms with Gasteiger partial charge < -0.3 is 24.4 Å². The molecule has 172 valence electrons. The third kappa shape index (κ3) is 3.82. The Kier molecular flexibility index (Phi) is 5.50. The minimum atomic E-state index is -0.572. The van der Waals surface area contributed by atoms with Crippen LogP contribution in [0.15, 0.2) is 23.9 Å². The first-order valence-electron chi connectivity index (χ1n) is 11.7. The highest BCUT2D eigenvalue weighted by Gasteiger charge is 2.41. The van der Waals surface area contributed by atoms with E-state index >= 15 is 0 Å². The van der Waals surface area contributed by atoms with Crippen LogP contribution in [0.4, 0.5) is 0 Å². The number of fused-ring (bicyclic) bond motifs is 1. The van der Waals surface area contributed by atoms with Crippen molar-refractivity contribution in [1.82, 2.24) is 9.80 Å². The molecule has 0 radical (unpaired) electrons. The number of β-amino-alcohol motifs (C(OH)–C–C–N with tert-alkyl or cyclic N) is 1. The molecule has 2 saturated heterocycles. The molecule has 1 spiro atoms. The van der Waals surface area contributed by atoms with Crippen LogP contribution in [0.1, 0.15) is 65.8 Å². The van der Waals surface area contributed by atoms with Gasteiger partial charge in [-0.25, -0.2) is 9.59 Å². The standard InChI is InChI=1S/C25H32N2O5/c1-16-12-25(7-10-27(16)18-11-23(29)31-14-18)5-8-26(9-6-25)13-22(28)19-3-4-20-21(17(19)2)15-32-24(20)30/h3-4,11,16,22,28H,5-10,12-15H2,1-2H3/t16?,22-/m0/s1. The second-order valence-electron chi connectivity index (χ2n) is 9.94. The molecule has 1 N–H and O–H groups in total. The number of piperidine rings is 2. The number of cyclic esters (lactones) is 2. The predicted octanol–water partition coefficient (Wildman–Crippen LogP) is 2.71. The highest BCUT2D eigenvalue weighted by atomic mass is 16.5. The van der Waals surface area contributed by atoms with Crippen LogP contribution in [0.3, 0.4) is 0 Å². The highest BCUT2D eigenvalue weighted by molar-refractivity contribution is 5.94. The summed E-state index contributed by atoms with van der Waals surface area (Å²) in [5, 5.41) is 11.0. The van der Waals surface area contributed by atoms with Crippen LogP contribution >= 0.6 is 0 Å². The van der Waals surface area contributed by atoms with Crippen molar-refractivity contribution in [3.63, 3.8) is 0 Å². The molecule has 4 heterocycles. The quantitative estimate of drug-likeness (QED) is 0.721. The number of hydrogen-bond donors (Lipinski definition) is 1. The summed E-state index contributed by atoms with van der Waals surface area (Å²) in [5.41, 5.74) is 4.78. The summed E-state index contributed by atoms with van der Waals surface area (Å²) in [6.45, 7) is 8.49. The number of benzene rings is 1. The van der Waals surface area contributed by atoms with E-state index in [0.717, 1.165) is 67.7 Å². The second kappa shape index (κ2) is 8.19. The number of aliphatic hydroxyl groups is 1. The number of aliphatic hydroxyl groups excluding tert-OH is 1. The van der Waals surface area contributed by atoms with Crippen molar-refractivity contribution in [3.05, 3.63) is 46.2 Å². The molecule has 1 aromatic carbocycles. The van der Waals surface area contributed by atoms with Gasteiger partial charge in [0.15, 0.2) is 0 Å². The third-order valence-corrected chi connectivity index (χ3v) is 8.07. The van der Waals surface area contributed by atoms with Crippen LogP contribution in [0, 0.1) is 12.3 Å². The van der Waals surface area contributed by atoms with Crippen molar-refractivity contribution in [2.75, 3.05) is 32.8 Å². The lowest BCUT2D eigenvalue weighted by Crippen LogP contribution is -2.50. The normalized spacial score (nSPS) is 26.0. The van der Waals surface area contributed by atoms with E-state index in [9.17, 15) is 14.7 Å². The predicted molar refractivity (Wildman–Crippen MR) is 118 cm³/mol. The number of ether oxygens (including phenoxy) is 2. The first kappa shape index (κ1) is 21.5. The molecule has 0 saturated carbocycles. The van der Waals surface area contributed by atoms with Crippen molar-refractivity contribution in [2.45, 2.75) is 58.3 Å². The van der Waals surface area contributed by atoms with Crippen LogP contribution in [0.25, 0.3) is 0 Å². The van der Waals surface area contributed by atoms with Gasteiger partial charge in [-0.3, -0.25) is 0 Å². The lowest BCUT2D eigenvalue weighted by molar-refractivity contribution is -0.135. The molecular formula is C25H32N2O5. The number of nitrogens with zero attached hydrogens (tertiary/aromatic N) is 2. The van der Waals surface area contributed by atoms with Gasteiger partial charge in [0, 0.05) is 30.8 Å². The molecule has 0 aliphatic carbocycles. The van der Waals surface area contributed by atoms with Crippen LogP contribution in [0.5, 0.6) is 0 Å². The first-order valence-corrected chi connectivity index (χ1v) is 11.7. The Bertz CT molecular complexity index is 963. The van der Waals surface area contributed by atoms with Gasteiger partial charge in [-0.15, -0.1) is 0 Å². The van der Waals surface area contributed by atoms with Gasteiger partial charge >= 0.3 is 11.9 Å². The number of likely N-dealkylation sites (tertiary alicyclic amines) is 2. The third-order valence-electron chi connectivity index (χ3n) is 8.07. The van der Waals surface area contributed by atoms with Crippen molar-refractivity contribution in [1.29, 1.82) is 0 Å². The molecule has 0 bridgehead atoms. The summed E-state index contributed by atoms with van der Waals surface area (Å²) in [6.07, 6.45) is 5.61. The fourth-order valence-electron chi connectivity index (χ4n) is 6.11. The van der Waals surface area contributed by atoms with Crippen LogP contribution in [-0.2, 0) is 20.9 Å². The fraction of sp³-hybridized carbons (Fsp3) is 0.600.